The Morgan fingerprint density at radius 1 is 1.20 bits per heavy atom. The van der Waals surface area contributed by atoms with Gasteiger partial charge in [0, 0.05) is 19.6 Å². The van der Waals surface area contributed by atoms with Crippen molar-refractivity contribution in [3.8, 4) is 0 Å². The molecule has 0 atom stereocenters. The molecule has 108 valence electrons. The third-order valence-corrected chi connectivity index (χ3v) is 3.29. The maximum Gasteiger partial charge on any atom is 0.141 e. The highest BCUT2D eigenvalue weighted by molar-refractivity contribution is 5.14. The van der Waals surface area contributed by atoms with Crippen molar-refractivity contribution in [3.63, 3.8) is 0 Å². The second-order valence-corrected chi connectivity index (χ2v) is 4.83. The van der Waals surface area contributed by atoms with Gasteiger partial charge in [-0.2, -0.15) is 5.10 Å². The van der Waals surface area contributed by atoms with E-state index >= 15 is 0 Å². The fourth-order valence-corrected chi connectivity index (χ4v) is 2.25. The number of rotatable bonds is 8. The van der Waals surface area contributed by atoms with Crippen LogP contribution in [0, 0.1) is 0 Å². The zero-order valence-electron chi connectivity index (χ0n) is 12.1. The van der Waals surface area contributed by atoms with Crippen LogP contribution in [0.1, 0.15) is 24.7 Å². The zero-order chi connectivity index (χ0) is 14.2. The third kappa shape index (κ3) is 4.15. The van der Waals surface area contributed by atoms with Crippen LogP contribution in [0.5, 0.6) is 0 Å². The van der Waals surface area contributed by atoms with Crippen LogP contribution in [0.2, 0.25) is 0 Å². The van der Waals surface area contributed by atoms with Gasteiger partial charge in [0.2, 0.25) is 0 Å². The summed E-state index contributed by atoms with van der Waals surface area (Å²) in [5, 5.41) is 4.23. The van der Waals surface area contributed by atoms with Gasteiger partial charge in [0.05, 0.1) is 6.54 Å². The van der Waals surface area contributed by atoms with Crippen LogP contribution < -0.4 is 5.73 Å². The van der Waals surface area contributed by atoms with Gasteiger partial charge in [-0.15, -0.1) is 0 Å². The van der Waals surface area contributed by atoms with Crippen LogP contribution in [0.4, 0.5) is 0 Å². The van der Waals surface area contributed by atoms with Gasteiger partial charge in [0.25, 0.3) is 0 Å². The summed E-state index contributed by atoms with van der Waals surface area (Å²) in [6, 6.07) is 10.5. The summed E-state index contributed by atoms with van der Waals surface area (Å²) in [5.74, 6) is 1.01. The lowest BCUT2D eigenvalue weighted by atomic mass is 10.2. The van der Waals surface area contributed by atoms with Crippen molar-refractivity contribution in [1.29, 1.82) is 0 Å². The molecule has 0 saturated carbocycles. The minimum Gasteiger partial charge on any atom is -0.330 e. The molecule has 20 heavy (non-hydrogen) atoms. The van der Waals surface area contributed by atoms with Gasteiger partial charge < -0.3 is 5.73 Å². The van der Waals surface area contributed by atoms with Crippen molar-refractivity contribution in [2.45, 2.75) is 33.0 Å². The fourth-order valence-electron chi connectivity index (χ4n) is 2.25. The van der Waals surface area contributed by atoms with Crippen molar-refractivity contribution in [3.05, 3.63) is 48.0 Å². The van der Waals surface area contributed by atoms with Crippen LogP contribution in [0.3, 0.4) is 0 Å². The predicted octanol–water partition coefficient (Wildman–Crippen LogP) is 1.65. The lowest BCUT2D eigenvalue weighted by Gasteiger charge is -2.21. The molecule has 0 aliphatic rings. The summed E-state index contributed by atoms with van der Waals surface area (Å²) in [6.45, 7) is 6.35. The zero-order valence-corrected chi connectivity index (χ0v) is 12.1. The average molecular weight is 273 g/mol. The Hall–Kier alpha value is -1.72. The molecule has 2 rings (SSSR count). The van der Waals surface area contributed by atoms with Crippen LogP contribution in [-0.4, -0.2) is 32.8 Å². The second-order valence-electron chi connectivity index (χ2n) is 4.83. The van der Waals surface area contributed by atoms with Crippen molar-refractivity contribution in [2.24, 2.45) is 5.73 Å². The van der Waals surface area contributed by atoms with E-state index in [1.807, 2.05) is 10.7 Å². The first-order valence-corrected chi connectivity index (χ1v) is 7.16. The molecule has 0 amide bonds. The van der Waals surface area contributed by atoms with Crippen molar-refractivity contribution >= 4 is 0 Å². The summed E-state index contributed by atoms with van der Waals surface area (Å²) in [7, 11) is 0. The predicted molar refractivity (Wildman–Crippen MR) is 79.9 cm³/mol. The first-order valence-electron chi connectivity index (χ1n) is 7.16. The van der Waals surface area contributed by atoms with Crippen LogP contribution in [-0.2, 0) is 19.6 Å². The average Bonchev–Trinajstić information content (AvgIpc) is 2.93. The Kier molecular flexibility index (Phi) is 5.70. The van der Waals surface area contributed by atoms with E-state index in [1.165, 1.54) is 5.56 Å². The number of nitrogens with zero attached hydrogens (tertiary/aromatic N) is 4. The van der Waals surface area contributed by atoms with E-state index in [1.54, 1.807) is 6.33 Å². The number of benzene rings is 1. The van der Waals surface area contributed by atoms with Crippen molar-refractivity contribution in [1.82, 2.24) is 19.7 Å². The Balaban J connectivity index is 2.03. The molecule has 5 nitrogen and oxygen atoms in total. The number of nitrogens with two attached hydrogens (primary N) is 1. The summed E-state index contributed by atoms with van der Waals surface area (Å²) >= 11 is 0. The highest BCUT2D eigenvalue weighted by Crippen LogP contribution is 2.09. The van der Waals surface area contributed by atoms with E-state index in [0.717, 1.165) is 38.4 Å². The summed E-state index contributed by atoms with van der Waals surface area (Å²) in [4.78, 5) is 6.73. The molecule has 1 aromatic carbocycles. The Morgan fingerprint density at radius 3 is 2.70 bits per heavy atom. The molecule has 0 unspecified atom stereocenters. The summed E-state index contributed by atoms with van der Waals surface area (Å²) < 4.78 is 1.94. The number of hydrogen-bond donors (Lipinski definition) is 1. The summed E-state index contributed by atoms with van der Waals surface area (Å²) in [5.41, 5.74) is 6.95. The topological polar surface area (TPSA) is 60.0 Å². The van der Waals surface area contributed by atoms with Crippen LogP contribution in [0.25, 0.3) is 0 Å². The monoisotopic (exact) mass is 273 g/mol. The molecular weight excluding hydrogens is 250 g/mol. The van der Waals surface area contributed by atoms with Gasteiger partial charge in [-0.25, -0.2) is 9.67 Å². The smallest absolute Gasteiger partial charge is 0.141 e. The molecule has 0 bridgehead atoms. The number of hydrogen-bond acceptors (Lipinski definition) is 4. The highest BCUT2D eigenvalue weighted by Gasteiger charge is 2.10. The molecule has 0 spiro atoms. The summed E-state index contributed by atoms with van der Waals surface area (Å²) in [6.07, 6.45) is 2.62. The van der Waals surface area contributed by atoms with E-state index in [2.05, 4.69) is 46.2 Å². The van der Waals surface area contributed by atoms with Gasteiger partial charge >= 0.3 is 0 Å². The fraction of sp³-hybridized carbons (Fsp3) is 0.467. The molecule has 0 radical (unpaired) electrons. The van der Waals surface area contributed by atoms with Gasteiger partial charge in [0.1, 0.15) is 12.2 Å². The standard InChI is InChI=1S/C15H23N5/c1-2-20-15(17-13-18-20)12-19(10-6-9-16)11-14-7-4-3-5-8-14/h3-5,7-8,13H,2,6,9-12,16H2,1H3. The lowest BCUT2D eigenvalue weighted by molar-refractivity contribution is 0.244. The van der Waals surface area contributed by atoms with E-state index in [4.69, 9.17) is 5.73 Å². The van der Waals surface area contributed by atoms with E-state index in [9.17, 15) is 0 Å². The molecule has 0 saturated heterocycles. The van der Waals surface area contributed by atoms with Crippen LogP contribution >= 0.6 is 0 Å². The Morgan fingerprint density at radius 2 is 2.00 bits per heavy atom. The first-order chi connectivity index (χ1) is 9.83. The molecule has 5 heteroatoms. The van der Waals surface area contributed by atoms with Crippen molar-refractivity contribution < 1.29 is 0 Å². The van der Waals surface area contributed by atoms with E-state index in [-0.39, 0.29) is 0 Å². The molecule has 0 fully saturated rings. The molecule has 0 aliphatic heterocycles. The molecule has 1 heterocycles. The van der Waals surface area contributed by atoms with Gasteiger partial charge in [-0.3, -0.25) is 4.90 Å². The third-order valence-electron chi connectivity index (χ3n) is 3.29. The Bertz CT molecular complexity index is 494. The Labute approximate surface area is 120 Å². The minimum atomic E-state index is 0.714. The SMILES string of the molecule is CCn1ncnc1CN(CCCN)Cc1ccccc1. The molecule has 2 N–H and O–H groups in total. The maximum absolute atomic E-state index is 5.64. The molecule has 1 aromatic heterocycles. The number of aromatic nitrogens is 3. The first kappa shape index (κ1) is 14.7. The van der Waals surface area contributed by atoms with E-state index in [0.29, 0.717) is 6.54 Å². The van der Waals surface area contributed by atoms with Gasteiger partial charge in [0.15, 0.2) is 0 Å². The highest BCUT2D eigenvalue weighted by atomic mass is 15.3. The van der Waals surface area contributed by atoms with Gasteiger partial charge in [-0.05, 0) is 25.5 Å². The number of aryl methyl sites for hydroxylation is 1. The van der Waals surface area contributed by atoms with Crippen LogP contribution in [0.15, 0.2) is 36.7 Å². The van der Waals surface area contributed by atoms with Gasteiger partial charge in [-0.1, -0.05) is 30.3 Å². The quantitative estimate of drug-likeness (QED) is 0.794. The molecule has 2 aromatic rings. The minimum absolute atomic E-state index is 0.714. The second kappa shape index (κ2) is 7.77. The van der Waals surface area contributed by atoms with E-state index < -0.39 is 0 Å². The lowest BCUT2D eigenvalue weighted by Crippen LogP contribution is -2.27. The van der Waals surface area contributed by atoms with Crippen molar-refractivity contribution in [2.75, 3.05) is 13.1 Å². The largest absolute Gasteiger partial charge is 0.330 e. The normalized spacial score (nSPS) is 11.2. The molecule has 0 aliphatic carbocycles. The maximum atomic E-state index is 5.64. The molecular formula is C15H23N5.